The van der Waals surface area contributed by atoms with Crippen molar-refractivity contribution in [2.24, 2.45) is 5.92 Å². The summed E-state index contributed by atoms with van der Waals surface area (Å²) in [6, 6.07) is 9.07. The normalized spacial score (nSPS) is 16.5. The van der Waals surface area contributed by atoms with Gasteiger partial charge in [0, 0.05) is 17.5 Å². The van der Waals surface area contributed by atoms with Gasteiger partial charge in [-0.1, -0.05) is 25.1 Å². The highest BCUT2D eigenvalue weighted by atomic mass is 32.1. The molecule has 0 aliphatic heterocycles. The molecule has 0 saturated heterocycles. The van der Waals surface area contributed by atoms with Crippen LogP contribution < -0.4 is 10.6 Å². The Kier molecular flexibility index (Phi) is 4.48. The van der Waals surface area contributed by atoms with Crippen LogP contribution >= 0.6 is 11.3 Å². The van der Waals surface area contributed by atoms with Gasteiger partial charge in [0.15, 0.2) is 0 Å². The molecule has 0 unspecified atom stereocenters. The van der Waals surface area contributed by atoms with Gasteiger partial charge >= 0.3 is 0 Å². The zero-order chi connectivity index (χ0) is 16.4. The molecule has 2 N–H and O–H groups in total. The first-order valence-electron chi connectivity index (χ1n) is 7.83. The lowest BCUT2D eigenvalue weighted by Gasteiger charge is -2.18. The molecule has 0 saturated carbocycles. The first-order valence-corrected chi connectivity index (χ1v) is 8.64. The summed E-state index contributed by atoms with van der Waals surface area (Å²) in [5, 5.41) is 6.30. The second kappa shape index (κ2) is 6.54. The van der Waals surface area contributed by atoms with Crippen molar-refractivity contribution in [1.29, 1.82) is 0 Å². The number of fused-ring (bicyclic) bond motifs is 1. The van der Waals surface area contributed by atoms with E-state index in [0.29, 0.717) is 22.0 Å². The zero-order valence-corrected chi connectivity index (χ0v) is 14.1. The van der Waals surface area contributed by atoms with Crippen molar-refractivity contribution in [3.8, 4) is 0 Å². The van der Waals surface area contributed by atoms with Gasteiger partial charge in [-0.2, -0.15) is 0 Å². The first-order chi connectivity index (χ1) is 11.1. The molecule has 0 fully saturated rings. The molecule has 1 aliphatic rings. The summed E-state index contributed by atoms with van der Waals surface area (Å²) < 4.78 is 0. The van der Waals surface area contributed by atoms with Crippen molar-refractivity contribution in [2.75, 3.05) is 12.4 Å². The number of rotatable bonds is 3. The number of benzene rings is 1. The molecule has 4 nitrogen and oxygen atoms in total. The minimum Gasteiger partial charge on any atom is -0.355 e. The Morgan fingerprint density at radius 1 is 1.17 bits per heavy atom. The van der Waals surface area contributed by atoms with Crippen LogP contribution in [0.2, 0.25) is 0 Å². The van der Waals surface area contributed by atoms with Gasteiger partial charge in [-0.3, -0.25) is 9.59 Å². The number of anilines is 1. The van der Waals surface area contributed by atoms with E-state index in [1.54, 1.807) is 19.2 Å². The number of carbonyl (C=O) groups is 2. The number of nitrogens with one attached hydrogen (secondary N) is 2. The topological polar surface area (TPSA) is 58.2 Å². The van der Waals surface area contributed by atoms with Crippen LogP contribution in [-0.2, 0) is 12.8 Å². The van der Waals surface area contributed by atoms with Crippen molar-refractivity contribution >= 4 is 28.2 Å². The molecule has 2 amide bonds. The second-order valence-electron chi connectivity index (χ2n) is 5.96. The van der Waals surface area contributed by atoms with Crippen LogP contribution in [-0.4, -0.2) is 18.9 Å². The van der Waals surface area contributed by atoms with Crippen molar-refractivity contribution in [1.82, 2.24) is 5.32 Å². The van der Waals surface area contributed by atoms with Gasteiger partial charge in [-0.05, 0) is 42.9 Å². The van der Waals surface area contributed by atoms with Crippen LogP contribution in [0.5, 0.6) is 0 Å². The summed E-state index contributed by atoms with van der Waals surface area (Å²) in [5.41, 5.74) is 2.34. The maximum atomic E-state index is 12.4. The minimum absolute atomic E-state index is 0.125. The molecule has 1 aromatic heterocycles. The quantitative estimate of drug-likeness (QED) is 0.906. The molecular formula is C18H20N2O2S. The van der Waals surface area contributed by atoms with Crippen molar-refractivity contribution in [3.63, 3.8) is 0 Å². The predicted molar refractivity (Wildman–Crippen MR) is 93.3 cm³/mol. The van der Waals surface area contributed by atoms with E-state index in [2.05, 4.69) is 17.6 Å². The summed E-state index contributed by atoms with van der Waals surface area (Å²) >= 11 is 1.54. The van der Waals surface area contributed by atoms with Gasteiger partial charge < -0.3 is 10.6 Å². The first kappa shape index (κ1) is 15.7. The van der Waals surface area contributed by atoms with Gasteiger partial charge in [0.05, 0.1) is 5.56 Å². The van der Waals surface area contributed by atoms with Gasteiger partial charge in [-0.15, -0.1) is 11.3 Å². The molecule has 1 aromatic carbocycles. The Balaban J connectivity index is 1.95. The predicted octanol–water partition coefficient (Wildman–Crippen LogP) is 3.48. The van der Waals surface area contributed by atoms with Crippen molar-refractivity contribution < 1.29 is 9.59 Å². The summed E-state index contributed by atoms with van der Waals surface area (Å²) in [6.45, 7) is 2.23. The molecular weight excluding hydrogens is 308 g/mol. The number of thiophene rings is 1. The van der Waals surface area contributed by atoms with Gasteiger partial charge in [-0.25, -0.2) is 0 Å². The SMILES string of the molecule is CNC(=O)c1c(NC(=O)c2ccccc2)sc2c1CC[C@@H](C)C2. The van der Waals surface area contributed by atoms with E-state index < -0.39 is 0 Å². The third kappa shape index (κ3) is 3.15. The van der Waals surface area contributed by atoms with Gasteiger partial charge in [0.2, 0.25) is 0 Å². The maximum Gasteiger partial charge on any atom is 0.256 e. The van der Waals surface area contributed by atoms with E-state index in [1.807, 2.05) is 18.2 Å². The molecule has 1 heterocycles. The molecule has 23 heavy (non-hydrogen) atoms. The second-order valence-corrected chi connectivity index (χ2v) is 7.06. The molecule has 3 rings (SSSR count). The van der Waals surface area contributed by atoms with Crippen LogP contribution in [0.3, 0.4) is 0 Å². The van der Waals surface area contributed by atoms with Crippen LogP contribution in [0.25, 0.3) is 0 Å². The molecule has 0 bridgehead atoms. The Bertz CT molecular complexity index is 737. The fourth-order valence-electron chi connectivity index (χ4n) is 2.97. The highest BCUT2D eigenvalue weighted by Crippen LogP contribution is 2.39. The lowest BCUT2D eigenvalue weighted by molar-refractivity contribution is 0.0963. The van der Waals surface area contributed by atoms with Gasteiger partial charge in [0.25, 0.3) is 11.8 Å². The number of hydrogen-bond donors (Lipinski definition) is 2. The highest BCUT2D eigenvalue weighted by Gasteiger charge is 2.27. The Morgan fingerprint density at radius 3 is 2.61 bits per heavy atom. The van der Waals surface area contributed by atoms with Crippen LogP contribution in [0, 0.1) is 5.92 Å². The maximum absolute atomic E-state index is 12.4. The van der Waals surface area contributed by atoms with E-state index in [4.69, 9.17) is 0 Å². The summed E-state index contributed by atoms with van der Waals surface area (Å²) in [6.07, 6.45) is 2.96. The van der Waals surface area contributed by atoms with Crippen molar-refractivity contribution in [3.05, 3.63) is 51.9 Å². The molecule has 0 spiro atoms. The molecule has 5 heteroatoms. The Hall–Kier alpha value is -2.14. The standard InChI is InChI=1S/C18H20N2O2S/c1-11-8-9-13-14(10-11)23-18(15(13)17(22)19-2)20-16(21)12-6-4-3-5-7-12/h3-7,11H,8-10H2,1-2H3,(H,19,22)(H,20,21)/t11-/m1/s1. The molecule has 120 valence electrons. The number of hydrogen-bond acceptors (Lipinski definition) is 3. The lowest BCUT2D eigenvalue weighted by Crippen LogP contribution is -2.22. The average Bonchev–Trinajstić information content (AvgIpc) is 2.91. The fraction of sp³-hybridized carbons (Fsp3) is 0.333. The van der Waals surface area contributed by atoms with Gasteiger partial charge in [0.1, 0.15) is 5.00 Å². The van der Waals surface area contributed by atoms with Crippen LogP contribution in [0.15, 0.2) is 30.3 Å². The van der Waals surface area contributed by atoms with Crippen LogP contribution in [0.1, 0.15) is 44.5 Å². The summed E-state index contributed by atoms with van der Waals surface area (Å²) in [7, 11) is 1.63. The third-order valence-corrected chi connectivity index (χ3v) is 5.40. The van der Waals surface area contributed by atoms with E-state index in [-0.39, 0.29) is 11.8 Å². The Labute approximate surface area is 139 Å². The van der Waals surface area contributed by atoms with E-state index in [0.717, 1.165) is 24.8 Å². The molecule has 2 aromatic rings. The van der Waals surface area contributed by atoms with E-state index in [1.165, 1.54) is 16.2 Å². The monoisotopic (exact) mass is 328 g/mol. The molecule has 1 atom stereocenters. The summed E-state index contributed by atoms with van der Waals surface area (Å²) in [5.74, 6) is 0.319. The van der Waals surface area contributed by atoms with E-state index >= 15 is 0 Å². The average molecular weight is 328 g/mol. The van der Waals surface area contributed by atoms with E-state index in [9.17, 15) is 9.59 Å². The smallest absolute Gasteiger partial charge is 0.256 e. The highest BCUT2D eigenvalue weighted by molar-refractivity contribution is 7.17. The molecule has 0 radical (unpaired) electrons. The third-order valence-electron chi connectivity index (χ3n) is 4.23. The molecule has 1 aliphatic carbocycles. The van der Waals surface area contributed by atoms with Crippen molar-refractivity contribution in [2.45, 2.75) is 26.2 Å². The largest absolute Gasteiger partial charge is 0.355 e. The Morgan fingerprint density at radius 2 is 1.91 bits per heavy atom. The summed E-state index contributed by atoms with van der Waals surface area (Å²) in [4.78, 5) is 26.0. The van der Waals surface area contributed by atoms with Crippen LogP contribution in [0.4, 0.5) is 5.00 Å². The fourth-order valence-corrected chi connectivity index (χ4v) is 4.37. The number of amides is 2. The minimum atomic E-state index is -0.178. The zero-order valence-electron chi connectivity index (χ0n) is 13.3. The lowest BCUT2D eigenvalue weighted by atomic mass is 9.88. The number of carbonyl (C=O) groups excluding carboxylic acids is 2.